The van der Waals surface area contributed by atoms with Gasteiger partial charge in [-0.25, -0.2) is 0 Å². The van der Waals surface area contributed by atoms with Gasteiger partial charge in [0.2, 0.25) is 11.8 Å². The fourth-order valence-electron chi connectivity index (χ4n) is 3.22. The molecule has 2 amide bonds. The summed E-state index contributed by atoms with van der Waals surface area (Å²) in [4.78, 5) is 24.4. The summed E-state index contributed by atoms with van der Waals surface area (Å²) in [5.41, 5.74) is 1.19. The Hall–Kier alpha value is -2.09. The van der Waals surface area contributed by atoms with Crippen molar-refractivity contribution in [2.45, 2.75) is 31.0 Å². The minimum atomic E-state index is -4.31. The smallest absolute Gasteiger partial charge is 0.357 e. The first-order chi connectivity index (χ1) is 11.4. The highest BCUT2D eigenvalue weighted by Gasteiger charge is 2.44. The van der Waals surface area contributed by atoms with Crippen molar-refractivity contribution in [3.8, 4) is 0 Å². The number of amides is 2. The molecular formula is C16H18F3N3O2. The maximum atomic E-state index is 13.2. The number of anilines is 1. The van der Waals surface area contributed by atoms with Gasteiger partial charge >= 0.3 is 6.18 Å². The van der Waals surface area contributed by atoms with E-state index in [0.717, 1.165) is 0 Å². The number of carbonyl (C=O) groups is 2. The van der Waals surface area contributed by atoms with E-state index in [1.54, 1.807) is 24.3 Å². The molecule has 2 heterocycles. The lowest BCUT2D eigenvalue weighted by atomic mass is 9.90. The summed E-state index contributed by atoms with van der Waals surface area (Å²) < 4.78 is 39.5. The molecular weight excluding hydrogens is 323 g/mol. The number of nitrogens with one attached hydrogen (secondary N) is 2. The molecule has 0 radical (unpaired) electrons. The third-order valence-corrected chi connectivity index (χ3v) is 4.49. The van der Waals surface area contributed by atoms with Crippen LogP contribution < -0.4 is 15.5 Å². The zero-order valence-electron chi connectivity index (χ0n) is 12.9. The van der Waals surface area contributed by atoms with Crippen LogP contribution in [0.25, 0.3) is 0 Å². The van der Waals surface area contributed by atoms with Gasteiger partial charge in [-0.3, -0.25) is 14.9 Å². The summed E-state index contributed by atoms with van der Waals surface area (Å²) in [6.45, 7) is 0.613. The van der Waals surface area contributed by atoms with E-state index in [9.17, 15) is 22.8 Å². The van der Waals surface area contributed by atoms with Gasteiger partial charge in [-0.1, -0.05) is 12.1 Å². The molecule has 2 aliphatic heterocycles. The minimum Gasteiger partial charge on any atom is -0.357 e. The van der Waals surface area contributed by atoms with E-state index in [-0.39, 0.29) is 31.3 Å². The topological polar surface area (TPSA) is 61.4 Å². The Labute approximate surface area is 137 Å². The molecule has 0 aliphatic carbocycles. The molecule has 2 aliphatic rings. The first kappa shape index (κ1) is 16.8. The third kappa shape index (κ3) is 3.38. The number of carbonyl (C=O) groups excluding carboxylic acids is 2. The number of piperidine rings is 1. The largest absolute Gasteiger partial charge is 0.409 e. The van der Waals surface area contributed by atoms with Crippen LogP contribution in [0.4, 0.5) is 18.9 Å². The number of nitrogens with zero attached hydrogens (tertiary/aromatic N) is 1. The lowest BCUT2D eigenvalue weighted by Gasteiger charge is -2.39. The summed E-state index contributed by atoms with van der Waals surface area (Å²) in [5, 5.41) is 5.06. The zero-order valence-corrected chi connectivity index (χ0v) is 12.9. The standard InChI is InChI=1S/C16H18F3N3O2/c17-16(18,19)13-9-20-7-8-22(13)11-3-1-10(2-4-11)12-5-6-14(23)21-15(12)24/h1-4,12-13,20H,5-9H2,(H,21,23,24). The van der Waals surface area contributed by atoms with Crippen molar-refractivity contribution in [2.24, 2.45) is 0 Å². The number of imide groups is 1. The Morgan fingerprint density at radius 3 is 2.46 bits per heavy atom. The summed E-state index contributed by atoms with van der Waals surface area (Å²) >= 11 is 0. The summed E-state index contributed by atoms with van der Waals surface area (Å²) in [6.07, 6.45) is -3.62. The number of halogens is 3. The number of alkyl halides is 3. The highest BCUT2D eigenvalue weighted by Crippen LogP contribution is 2.31. The Balaban J connectivity index is 1.78. The number of benzene rings is 1. The summed E-state index contributed by atoms with van der Waals surface area (Å²) in [7, 11) is 0. The van der Waals surface area contributed by atoms with Gasteiger partial charge in [0.25, 0.3) is 0 Å². The van der Waals surface area contributed by atoms with E-state index in [0.29, 0.717) is 24.2 Å². The molecule has 0 saturated carbocycles. The maximum absolute atomic E-state index is 13.2. The fraction of sp³-hybridized carbons (Fsp3) is 0.500. The number of hydrogen-bond donors (Lipinski definition) is 2. The summed E-state index contributed by atoms with van der Waals surface area (Å²) in [6, 6.07) is 5.01. The molecule has 0 bridgehead atoms. The van der Waals surface area contributed by atoms with Crippen LogP contribution in [0.3, 0.4) is 0 Å². The average Bonchev–Trinajstić information content (AvgIpc) is 2.54. The second-order valence-electron chi connectivity index (χ2n) is 6.05. The molecule has 3 rings (SSSR count). The molecule has 8 heteroatoms. The van der Waals surface area contributed by atoms with E-state index in [1.807, 2.05) is 0 Å². The predicted molar refractivity (Wildman–Crippen MR) is 81.6 cm³/mol. The van der Waals surface area contributed by atoms with E-state index >= 15 is 0 Å². The van der Waals surface area contributed by atoms with Gasteiger partial charge in [-0.2, -0.15) is 13.2 Å². The molecule has 130 valence electrons. The van der Waals surface area contributed by atoms with Gasteiger partial charge in [0, 0.05) is 31.7 Å². The molecule has 0 spiro atoms. The molecule has 1 aromatic carbocycles. The number of rotatable bonds is 2. The summed E-state index contributed by atoms with van der Waals surface area (Å²) in [5.74, 6) is -1.07. The Bertz CT molecular complexity index is 630. The van der Waals surface area contributed by atoms with Gasteiger partial charge in [0.15, 0.2) is 0 Å². The molecule has 2 unspecified atom stereocenters. The van der Waals surface area contributed by atoms with Crippen molar-refractivity contribution in [1.29, 1.82) is 0 Å². The SMILES string of the molecule is O=C1CCC(c2ccc(N3CCNCC3C(F)(F)F)cc2)C(=O)N1. The molecule has 1 aromatic rings. The van der Waals surface area contributed by atoms with Crippen LogP contribution >= 0.6 is 0 Å². The van der Waals surface area contributed by atoms with Crippen molar-refractivity contribution in [2.75, 3.05) is 24.5 Å². The fourth-order valence-corrected chi connectivity index (χ4v) is 3.22. The highest BCUT2D eigenvalue weighted by molar-refractivity contribution is 6.00. The van der Waals surface area contributed by atoms with Crippen molar-refractivity contribution in [3.63, 3.8) is 0 Å². The molecule has 2 saturated heterocycles. The first-order valence-corrected chi connectivity index (χ1v) is 7.84. The molecule has 2 fully saturated rings. The second-order valence-corrected chi connectivity index (χ2v) is 6.05. The molecule has 0 aromatic heterocycles. The van der Waals surface area contributed by atoms with E-state index in [4.69, 9.17) is 0 Å². The van der Waals surface area contributed by atoms with Gasteiger partial charge in [0.1, 0.15) is 6.04 Å². The van der Waals surface area contributed by atoms with E-state index < -0.39 is 18.1 Å². The van der Waals surface area contributed by atoms with E-state index in [2.05, 4.69) is 10.6 Å². The Morgan fingerprint density at radius 1 is 1.12 bits per heavy atom. The monoisotopic (exact) mass is 341 g/mol. The van der Waals surface area contributed by atoms with Crippen LogP contribution in [0.5, 0.6) is 0 Å². The number of hydrogen-bond acceptors (Lipinski definition) is 4. The lowest BCUT2D eigenvalue weighted by Crippen LogP contribution is -2.58. The van der Waals surface area contributed by atoms with Crippen LogP contribution in [0, 0.1) is 0 Å². The average molecular weight is 341 g/mol. The third-order valence-electron chi connectivity index (χ3n) is 4.49. The normalized spacial score (nSPS) is 25.5. The van der Waals surface area contributed by atoms with Crippen LogP contribution in [0.1, 0.15) is 24.3 Å². The van der Waals surface area contributed by atoms with Crippen LogP contribution in [0.2, 0.25) is 0 Å². The van der Waals surface area contributed by atoms with E-state index in [1.165, 1.54) is 4.90 Å². The Kier molecular flexibility index (Phi) is 4.49. The predicted octanol–water partition coefficient (Wildman–Crippen LogP) is 1.55. The maximum Gasteiger partial charge on any atom is 0.409 e. The van der Waals surface area contributed by atoms with Gasteiger partial charge in [-0.15, -0.1) is 0 Å². The zero-order chi connectivity index (χ0) is 17.3. The van der Waals surface area contributed by atoms with Crippen LogP contribution in [0.15, 0.2) is 24.3 Å². The van der Waals surface area contributed by atoms with Crippen molar-refractivity contribution < 1.29 is 22.8 Å². The number of piperazine rings is 1. The quantitative estimate of drug-likeness (QED) is 0.802. The van der Waals surface area contributed by atoms with Gasteiger partial charge in [0.05, 0.1) is 5.92 Å². The lowest BCUT2D eigenvalue weighted by molar-refractivity contribution is -0.149. The Morgan fingerprint density at radius 2 is 1.83 bits per heavy atom. The van der Waals surface area contributed by atoms with Gasteiger partial charge in [-0.05, 0) is 24.1 Å². The molecule has 5 nitrogen and oxygen atoms in total. The molecule has 24 heavy (non-hydrogen) atoms. The van der Waals surface area contributed by atoms with Crippen LogP contribution in [-0.4, -0.2) is 43.7 Å². The van der Waals surface area contributed by atoms with Gasteiger partial charge < -0.3 is 10.2 Å². The first-order valence-electron chi connectivity index (χ1n) is 7.84. The van der Waals surface area contributed by atoms with Crippen molar-refractivity contribution in [3.05, 3.63) is 29.8 Å². The minimum absolute atomic E-state index is 0.140. The van der Waals surface area contributed by atoms with Crippen molar-refractivity contribution in [1.82, 2.24) is 10.6 Å². The molecule has 2 N–H and O–H groups in total. The highest BCUT2D eigenvalue weighted by atomic mass is 19.4. The van der Waals surface area contributed by atoms with Crippen molar-refractivity contribution >= 4 is 17.5 Å². The molecule has 2 atom stereocenters. The van der Waals surface area contributed by atoms with Crippen LogP contribution in [-0.2, 0) is 9.59 Å². The second kappa shape index (κ2) is 6.43.